The Bertz CT molecular complexity index is 565. The van der Waals surface area contributed by atoms with E-state index in [1.165, 1.54) is 17.4 Å². The second-order valence-electron chi connectivity index (χ2n) is 3.48. The van der Waals surface area contributed by atoms with Gasteiger partial charge in [0.15, 0.2) is 5.78 Å². The zero-order valence-corrected chi connectivity index (χ0v) is 12.5. The van der Waals surface area contributed by atoms with Crippen molar-refractivity contribution in [1.82, 2.24) is 0 Å². The molecule has 0 fully saturated rings. The molecule has 0 N–H and O–H groups in total. The number of benzene rings is 1. The van der Waals surface area contributed by atoms with E-state index in [1.807, 2.05) is 0 Å². The highest BCUT2D eigenvalue weighted by Gasteiger charge is 2.12. The second-order valence-corrected chi connectivity index (χ2v) is 6.68. The first-order valence-corrected chi connectivity index (χ1v) is 7.24. The molecular weight excluding hydrogens is 371 g/mol. The van der Waals surface area contributed by atoms with Crippen molar-refractivity contribution in [3.8, 4) is 0 Å². The molecule has 17 heavy (non-hydrogen) atoms. The van der Waals surface area contributed by atoms with Gasteiger partial charge in [0, 0.05) is 21.8 Å². The first kappa shape index (κ1) is 12.9. The maximum atomic E-state index is 13.5. The van der Waals surface area contributed by atoms with Crippen LogP contribution >= 0.6 is 43.2 Å². The standard InChI is InChI=1S/C12H7Br2FOS/c13-9-2-1-7(10(15)5-9)3-11(16)8-4-12(14)17-6-8/h1-2,4-6H,3H2. The Kier molecular flexibility index (Phi) is 4.12. The summed E-state index contributed by atoms with van der Waals surface area (Å²) in [6.07, 6.45) is 0.0856. The number of carbonyl (C=O) groups excluding carboxylic acids is 1. The van der Waals surface area contributed by atoms with E-state index < -0.39 is 0 Å². The lowest BCUT2D eigenvalue weighted by molar-refractivity contribution is 0.0992. The molecule has 0 saturated heterocycles. The minimum Gasteiger partial charge on any atom is -0.294 e. The van der Waals surface area contributed by atoms with Crippen molar-refractivity contribution in [1.29, 1.82) is 0 Å². The lowest BCUT2D eigenvalue weighted by Crippen LogP contribution is -2.03. The summed E-state index contributed by atoms with van der Waals surface area (Å²) >= 11 is 7.92. The van der Waals surface area contributed by atoms with Crippen molar-refractivity contribution in [2.24, 2.45) is 0 Å². The average Bonchev–Trinajstić information content (AvgIpc) is 2.69. The minimum absolute atomic E-state index is 0.0758. The highest BCUT2D eigenvalue weighted by molar-refractivity contribution is 9.11. The molecule has 5 heteroatoms. The van der Waals surface area contributed by atoms with E-state index in [4.69, 9.17) is 0 Å². The first-order chi connectivity index (χ1) is 8.06. The molecule has 2 rings (SSSR count). The average molecular weight is 378 g/mol. The van der Waals surface area contributed by atoms with E-state index in [9.17, 15) is 9.18 Å². The predicted octanol–water partition coefficient (Wildman–Crippen LogP) is 4.84. The molecule has 2 aromatic rings. The summed E-state index contributed by atoms with van der Waals surface area (Å²) in [7, 11) is 0. The third-order valence-corrected chi connectivity index (χ3v) is 4.25. The van der Waals surface area contributed by atoms with Gasteiger partial charge in [0.25, 0.3) is 0 Å². The van der Waals surface area contributed by atoms with Gasteiger partial charge in [0.05, 0.1) is 3.79 Å². The van der Waals surface area contributed by atoms with Crippen molar-refractivity contribution >= 4 is 49.0 Å². The van der Waals surface area contributed by atoms with Crippen LogP contribution in [0.3, 0.4) is 0 Å². The van der Waals surface area contributed by atoms with Crippen LogP contribution in [0.2, 0.25) is 0 Å². The zero-order valence-electron chi connectivity index (χ0n) is 8.54. The molecule has 0 aliphatic carbocycles. The second kappa shape index (κ2) is 5.42. The van der Waals surface area contributed by atoms with E-state index in [0.717, 1.165) is 3.79 Å². The molecule has 1 aromatic carbocycles. The predicted molar refractivity (Wildman–Crippen MR) is 74.2 cm³/mol. The molecule has 88 valence electrons. The lowest BCUT2D eigenvalue weighted by atomic mass is 10.1. The van der Waals surface area contributed by atoms with Crippen LogP contribution in [0.5, 0.6) is 0 Å². The van der Waals surface area contributed by atoms with Gasteiger partial charge in [-0.05, 0) is 39.7 Å². The number of ketones is 1. The summed E-state index contributed by atoms with van der Waals surface area (Å²) in [4.78, 5) is 11.9. The molecule has 0 unspecified atom stereocenters. The van der Waals surface area contributed by atoms with Crippen molar-refractivity contribution in [3.05, 3.63) is 54.8 Å². The van der Waals surface area contributed by atoms with Gasteiger partial charge in [-0.25, -0.2) is 4.39 Å². The molecule has 0 aliphatic rings. The summed E-state index contributed by atoms with van der Waals surface area (Å²) in [6, 6.07) is 6.48. The SMILES string of the molecule is O=C(Cc1ccc(Br)cc1F)c1csc(Br)c1. The van der Waals surface area contributed by atoms with E-state index in [1.54, 1.807) is 23.6 Å². The smallest absolute Gasteiger partial charge is 0.168 e. The van der Waals surface area contributed by atoms with Gasteiger partial charge in [-0.1, -0.05) is 22.0 Å². The molecule has 0 bridgehead atoms. The molecular formula is C12H7Br2FOS. The van der Waals surface area contributed by atoms with Crippen LogP contribution in [0, 0.1) is 5.82 Å². The summed E-state index contributed by atoms with van der Waals surface area (Å²) < 4.78 is 15.1. The van der Waals surface area contributed by atoms with E-state index in [2.05, 4.69) is 31.9 Å². The number of hydrogen-bond donors (Lipinski definition) is 0. The van der Waals surface area contributed by atoms with Crippen LogP contribution in [0.15, 0.2) is 37.9 Å². The number of Topliss-reactive ketones (excluding diaryl/α,β-unsaturated/α-hetero) is 1. The fourth-order valence-electron chi connectivity index (χ4n) is 1.40. The van der Waals surface area contributed by atoms with Gasteiger partial charge in [0.2, 0.25) is 0 Å². The van der Waals surface area contributed by atoms with Crippen LogP contribution in [-0.2, 0) is 6.42 Å². The monoisotopic (exact) mass is 376 g/mol. The topological polar surface area (TPSA) is 17.1 Å². The van der Waals surface area contributed by atoms with Crippen molar-refractivity contribution < 1.29 is 9.18 Å². The van der Waals surface area contributed by atoms with Crippen LogP contribution < -0.4 is 0 Å². The maximum absolute atomic E-state index is 13.5. The van der Waals surface area contributed by atoms with Gasteiger partial charge >= 0.3 is 0 Å². The Hall–Kier alpha value is -0.520. The zero-order chi connectivity index (χ0) is 12.4. The van der Waals surface area contributed by atoms with Gasteiger partial charge in [-0.2, -0.15) is 0 Å². The van der Waals surface area contributed by atoms with Crippen molar-refractivity contribution in [3.63, 3.8) is 0 Å². The fraction of sp³-hybridized carbons (Fsp3) is 0.0833. The molecule has 0 radical (unpaired) electrons. The Balaban J connectivity index is 2.18. The van der Waals surface area contributed by atoms with E-state index in [0.29, 0.717) is 15.6 Å². The Morgan fingerprint density at radius 1 is 1.29 bits per heavy atom. The van der Waals surface area contributed by atoms with Crippen LogP contribution in [-0.4, -0.2) is 5.78 Å². The quantitative estimate of drug-likeness (QED) is 0.699. The van der Waals surface area contributed by atoms with Crippen LogP contribution in [0.1, 0.15) is 15.9 Å². The van der Waals surface area contributed by atoms with E-state index >= 15 is 0 Å². The van der Waals surface area contributed by atoms with Gasteiger partial charge in [0.1, 0.15) is 5.82 Å². The number of rotatable bonds is 3. The van der Waals surface area contributed by atoms with E-state index in [-0.39, 0.29) is 18.0 Å². The maximum Gasteiger partial charge on any atom is 0.168 e. The molecule has 0 aliphatic heterocycles. The first-order valence-electron chi connectivity index (χ1n) is 4.77. The molecule has 0 amide bonds. The number of thiophene rings is 1. The largest absolute Gasteiger partial charge is 0.294 e. The molecule has 0 atom stereocenters. The summed E-state index contributed by atoms with van der Waals surface area (Å²) in [5.41, 5.74) is 1.03. The summed E-state index contributed by atoms with van der Waals surface area (Å²) in [6.45, 7) is 0. The highest BCUT2D eigenvalue weighted by Crippen LogP contribution is 2.23. The Morgan fingerprint density at radius 3 is 2.65 bits per heavy atom. The van der Waals surface area contributed by atoms with Gasteiger partial charge in [-0.15, -0.1) is 11.3 Å². The van der Waals surface area contributed by atoms with Crippen LogP contribution in [0.25, 0.3) is 0 Å². The Labute approximate surface area is 119 Å². The number of halogens is 3. The Morgan fingerprint density at radius 2 is 2.06 bits per heavy atom. The summed E-state index contributed by atoms with van der Waals surface area (Å²) in [5, 5.41) is 1.77. The molecule has 1 heterocycles. The molecule has 0 saturated carbocycles. The third-order valence-electron chi connectivity index (χ3n) is 2.26. The summed E-state index contributed by atoms with van der Waals surface area (Å²) in [5.74, 6) is -0.435. The lowest BCUT2D eigenvalue weighted by Gasteiger charge is -2.02. The third kappa shape index (κ3) is 3.24. The van der Waals surface area contributed by atoms with Crippen LogP contribution in [0.4, 0.5) is 4.39 Å². The molecule has 1 aromatic heterocycles. The fourth-order valence-corrected chi connectivity index (χ4v) is 2.89. The highest BCUT2D eigenvalue weighted by atomic mass is 79.9. The number of carbonyl (C=O) groups is 1. The minimum atomic E-state index is -0.359. The van der Waals surface area contributed by atoms with Gasteiger partial charge in [-0.3, -0.25) is 4.79 Å². The van der Waals surface area contributed by atoms with Crippen molar-refractivity contribution in [2.75, 3.05) is 0 Å². The molecule has 0 spiro atoms. The van der Waals surface area contributed by atoms with Gasteiger partial charge < -0.3 is 0 Å². The number of hydrogen-bond acceptors (Lipinski definition) is 2. The molecule has 1 nitrogen and oxygen atoms in total. The normalized spacial score (nSPS) is 10.5. The van der Waals surface area contributed by atoms with Crippen molar-refractivity contribution in [2.45, 2.75) is 6.42 Å².